The zero-order chi connectivity index (χ0) is 14.1. The number of fused-ring (bicyclic) bond motifs is 1. The average molecular weight is 265 g/mol. The highest BCUT2D eigenvalue weighted by atomic mass is 16.2. The molecule has 0 aliphatic carbocycles. The first-order valence-corrected chi connectivity index (χ1v) is 7.08. The second-order valence-electron chi connectivity index (χ2n) is 5.54. The number of hydrogen-bond donors (Lipinski definition) is 0. The van der Waals surface area contributed by atoms with Gasteiger partial charge in [0.2, 0.25) is 0 Å². The fraction of sp³-hybridized carbons (Fsp3) is 0.278. The molecular weight excluding hydrogens is 246 g/mol. The Bertz CT molecular complexity index is 660. The van der Waals surface area contributed by atoms with Crippen LogP contribution < -0.4 is 0 Å². The molecule has 0 fully saturated rings. The van der Waals surface area contributed by atoms with E-state index in [1.54, 1.807) is 0 Å². The van der Waals surface area contributed by atoms with Gasteiger partial charge in [-0.15, -0.1) is 0 Å². The second kappa shape index (κ2) is 5.12. The van der Waals surface area contributed by atoms with Gasteiger partial charge in [0.05, 0.1) is 0 Å². The lowest BCUT2D eigenvalue weighted by molar-refractivity contribution is 0.0734. The maximum absolute atomic E-state index is 12.6. The normalized spacial score (nSPS) is 14.0. The minimum absolute atomic E-state index is 0.141. The first kappa shape index (κ1) is 12.9. The molecule has 2 heteroatoms. The summed E-state index contributed by atoms with van der Waals surface area (Å²) in [4.78, 5) is 14.5. The van der Waals surface area contributed by atoms with E-state index < -0.39 is 0 Å². The summed E-state index contributed by atoms with van der Waals surface area (Å²) in [7, 11) is 0. The van der Waals surface area contributed by atoms with Crippen molar-refractivity contribution >= 4 is 5.91 Å². The molecule has 1 amide bonds. The van der Waals surface area contributed by atoms with Gasteiger partial charge in [-0.25, -0.2) is 0 Å². The van der Waals surface area contributed by atoms with Gasteiger partial charge < -0.3 is 4.90 Å². The topological polar surface area (TPSA) is 20.3 Å². The second-order valence-corrected chi connectivity index (χ2v) is 5.54. The molecule has 0 saturated carbocycles. The highest BCUT2D eigenvalue weighted by Gasteiger charge is 2.21. The third-order valence-electron chi connectivity index (χ3n) is 4.17. The number of carbonyl (C=O) groups excluding carboxylic acids is 1. The molecule has 0 aromatic heterocycles. The first-order valence-electron chi connectivity index (χ1n) is 7.08. The van der Waals surface area contributed by atoms with Crippen molar-refractivity contribution < 1.29 is 4.79 Å². The third kappa shape index (κ3) is 2.34. The molecule has 0 bridgehead atoms. The largest absolute Gasteiger partial charge is 0.334 e. The molecule has 0 N–H and O–H groups in total. The van der Waals surface area contributed by atoms with Crippen LogP contribution in [-0.4, -0.2) is 17.4 Å². The van der Waals surface area contributed by atoms with Crippen LogP contribution in [0.15, 0.2) is 42.5 Å². The molecule has 0 unspecified atom stereocenters. The van der Waals surface area contributed by atoms with Gasteiger partial charge in [-0.3, -0.25) is 4.79 Å². The quantitative estimate of drug-likeness (QED) is 0.772. The van der Waals surface area contributed by atoms with Crippen LogP contribution in [0.1, 0.15) is 32.6 Å². The molecule has 2 aromatic rings. The Balaban J connectivity index is 1.84. The maximum atomic E-state index is 12.6. The predicted octanol–water partition coefficient (Wildman–Crippen LogP) is 3.50. The lowest BCUT2D eigenvalue weighted by Gasteiger charge is -2.29. The summed E-state index contributed by atoms with van der Waals surface area (Å²) in [6, 6.07) is 14.4. The van der Waals surface area contributed by atoms with Crippen LogP contribution in [0.5, 0.6) is 0 Å². The number of rotatable bonds is 1. The SMILES string of the molecule is Cc1ccc(C(=O)N2CCc3ccccc3C2)cc1C. The zero-order valence-corrected chi connectivity index (χ0v) is 12.0. The van der Waals surface area contributed by atoms with Gasteiger partial charge in [-0.05, 0) is 54.7 Å². The van der Waals surface area contributed by atoms with E-state index in [-0.39, 0.29) is 5.91 Å². The van der Waals surface area contributed by atoms with E-state index in [1.165, 1.54) is 22.3 Å². The monoisotopic (exact) mass is 265 g/mol. The summed E-state index contributed by atoms with van der Waals surface area (Å²) in [6.45, 7) is 5.66. The molecule has 0 spiro atoms. The highest BCUT2D eigenvalue weighted by Crippen LogP contribution is 2.21. The molecule has 0 saturated heterocycles. The highest BCUT2D eigenvalue weighted by molar-refractivity contribution is 5.94. The van der Waals surface area contributed by atoms with Crippen molar-refractivity contribution in [1.29, 1.82) is 0 Å². The zero-order valence-electron chi connectivity index (χ0n) is 12.0. The van der Waals surface area contributed by atoms with Crippen LogP contribution in [-0.2, 0) is 13.0 Å². The van der Waals surface area contributed by atoms with E-state index >= 15 is 0 Å². The minimum Gasteiger partial charge on any atom is -0.334 e. The molecule has 3 rings (SSSR count). The Morgan fingerprint density at radius 2 is 1.75 bits per heavy atom. The first-order chi connectivity index (χ1) is 9.65. The Labute approximate surface area is 120 Å². The molecule has 0 radical (unpaired) electrons. The van der Waals surface area contributed by atoms with E-state index in [9.17, 15) is 4.79 Å². The number of hydrogen-bond acceptors (Lipinski definition) is 1. The third-order valence-corrected chi connectivity index (χ3v) is 4.17. The summed E-state index contributed by atoms with van der Waals surface area (Å²) in [5, 5.41) is 0. The van der Waals surface area contributed by atoms with Crippen molar-refractivity contribution in [3.8, 4) is 0 Å². The minimum atomic E-state index is 0.141. The molecule has 0 atom stereocenters. The van der Waals surface area contributed by atoms with Crippen LogP contribution in [0.25, 0.3) is 0 Å². The fourth-order valence-corrected chi connectivity index (χ4v) is 2.73. The Morgan fingerprint density at radius 3 is 2.50 bits per heavy atom. The van der Waals surface area contributed by atoms with Crippen molar-refractivity contribution in [2.24, 2.45) is 0 Å². The number of carbonyl (C=O) groups is 1. The van der Waals surface area contributed by atoms with Gasteiger partial charge in [0.1, 0.15) is 0 Å². The molecule has 1 aliphatic rings. The van der Waals surface area contributed by atoms with Crippen molar-refractivity contribution in [3.63, 3.8) is 0 Å². The van der Waals surface area contributed by atoms with Gasteiger partial charge in [0.25, 0.3) is 5.91 Å². The van der Waals surface area contributed by atoms with E-state index in [0.29, 0.717) is 0 Å². The summed E-state index contributed by atoms with van der Waals surface area (Å²) < 4.78 is 0. The van der Waals surface area contributed by atoms with E-state index in [1.807, 2.05) is 29.2 Å². The van der Waals surface area contributed by atoms with E-state index in [2.05, 4.69) is 32.0 Å². The summed E-state index contributed by atoms with van der Waals surface area (Å²) in [5.74, 6) is 0.141. The smallest absolute Gasteiger partial charge is 0.254 e. The van der Waals surface area contributed by atoms with E-state index in [0.717, 1.165) is 25.1 Å². The molecule has 102 valence electrons. The van der Waals surface area contributed by atoms with Gasteiger partial charge >= 0.3 is 0 Å². The van der Waals surface area contributed by atoms with Crippen molar-refractivity contribution in [3.05, 3.63) is 70.3 Å². The standard InChI is InChI=1S/C18H19NO/c1-13-7-8-16(11-14(13)2)18(20)19-10-9-15-5-3-4-6-17(15)12-19/h3-8,11H,9-10,12H2,1-2H3. The number of amides is 1. The van der Waals surface area contributed by atoms with Crippen LogP contribution in [0.3, 0.4) is 0 Å². The van der Waals surface area contributed by atoms with Crippen molar-refractivity contribution in [2.45, 2.75) is 26.8 Å². The average Bonchev–Trinajstić information content (AvgIpc) is 2.49. The number of nitrogens with zero attached hydrogens (tertiary/aromatic N) is 1. The predicted molar refractivity (Wildman–Crippen MR) is 80.8 cm³/mol. The summed E-state index contributed by atoms with van der Waals surface area (Å²) >= 11 is 0. The summed E-state index contributed by atoms with van der Waals surface area (Å²) in [6.07, 6.45) is 0.951. The van der Waals surface area contributed by atoms with Crippen LogP contribution in [0, 0.1) is 13.8 Å². The van der Waals surface area contributed by atoms with Gasteiger partial charge in [0, 0.05) is 18.7 Å². The fourth-order valence-electron chi connectivity index (χ4n) is 2.73. The maximum Gasteiger partial charge on any atom is 0.254 e. The van der Waals surface area contributed by atoms with Gasteiger partial charge in [-0.1, -0.05) is 30.3 Å². The number of benzene rings is 2. The van der Waals surface area contributed by atoms with Crippen LogP contribution in [0.2, 0.25) is 0 Å². The van der Waals surface area contributed by atoms with E-state index in [4.69, 9.17) is 0 Å². The lowest BCUT2D eigenvalue weighted by Crippen LogP contribution is -2.35. The van der Waals surface area contributed by atoms with Gasteiger partial charge in [0.15, 0.2) is 0 Å². The number of aryl methyl sites for hydroxylation is 2. The van der Waals surface area contributed by atoms with Crippen molar-refractivity contribution in [2.75, 3.05) is 6.54 Å². The molecule has 2 nitrogen and oxygen atoms in total. The molecule has 20 heavy (non-hydrogen) atoms. The Kier molecular flexibility index (Phi) is 3.31. The molecular formula is C18H19NO. The molecule has 1 heterocycles. The Hall–Kier alpha value is -2.09. The van der Waals surface area contributed by atoms with Crippen LogP contribution >= 0.6 is 0 Å². The van der Waals surface area contributed by atoms with Gasteiger partial charge in [-0.2, -0.15) is 0 Å². The lowest BCUT2D eigenvalue weighted by atomic mass is 9.98. The molecule has 1 aliphatic heterocycles. The Morgan fingerprint density at radius 1 is 1.00 bits per heavy atom. The van der Waals surface area contributed by atoms with Crippen molar-refractivity contribution in [1.82, 2.24) is 4.90 Å². The van der Waals surface area contributed by atoms with Crippen LogP contribution in [0.4, 0.5) is 0 Å². The summed E-state index contributed by atoms with van der Waals surface area (Å²) in [5.41, 5.74) is 5.85. The molecule has 2 aromatic carbocycles.